The number of aliphatic hydroxyl groups excluding tert-OH is 1. The number of benzene rings is 2. The van der Waals surface area contributed by atoms with Crippen LogP contribution < -0.4 is 0 Å². The maximum atomic E-state index is 13.0. The molecule has 2 aromatic carbocycles. The van der Waals surface area contributed by atoms with E-state index in [0.717, 1.165) is 22.2 Å². The van der Waals surface area contributed by atoms with E-state index in [-0.39, 0.29) is 11.8 Å². The molecule has 2 atom stereocenters. The lowest BCUT2D eigenvalue weighted by Crippen LogP contribution is -2.29. The van der Waals surface area contributed by atoms with Gasteiger partial charge in [0.25, 0.3) is 5.91 Å². The van der Waals surface area contributed by atoms with Crippen molar-refractivity contribution in [3.8, 4) is 5.69 Å². The summed E-state index contributed by atoms with van der Waals surface area (Å²) in [5, 5.41) is 15.9. The van der Waals surface area contributed by atoms with Crippen LogP contribution in [0.2, 0.25) is 0 Å². The Morgan fingerprint density at radius 1 is 1.00 bits per heavy atom. The number of β-amino-alcohol motifs (C(OH)–C–C–N with tert-alkyl or cyclic N) is 1. The number of aromatic nitrogens is 3. The zero-order chi connectivity index (χ0) is 20.5. The maximum Gasteiger partial charge on any atom is 0.253 e. The van der Waals surface area contributed by atoms with E-state index in [0.29, 0.717) is 25.1 Å². The molecule has 2 aromatic heterocycles. The van der Waals surface area contributed by atoms with Crippen molar-refractivity contribution in [3.63, 3.8) is 0 Å². The van der Waals surface area contributed by atoms with Crippen LogP contribution in [0.3, 0.4) is 0 Å². The molecule has 0 spiro atoms. The molecule has 0 bridgehead atoms. The number of aliphatic hydroxyl groups is 1. The molecule has 1 aliphatic rings. The molecule has 0 unspecified atom stereocenters. The van der Waals surface area contributed by atoms with E-state index in [4.69, 9.17) is 0 Å². The number of rotatable bonds is 4. The molecule has 1 amide bonds. The van der Waals surface area contributed by atoms with Crippen LogP contribution in [-0.4, -0.2) is 49.9 Å². The van der Waals surface area contributed by atoms with Gasteiger partial charge in [-0.05, 0) is 54.4 Å². The number of likely N-dealkylation sites (tertiary alicyclic amines) is 1. The summed E-state index contributed by atoms with van der Waals surface area (Å²) in [6.07, 6.45) is 5.57. The Bertz CT molecular complexity index is 1170. The van der Waals surface area contributed by atoms with E-state index in [2.05, 4.69) is 16.1 Å². The van der Waals surface area contributed by atoms with Crippen molar-refractivity contribution in [2.24, 2.45) is 5.92 Å². The van der Waals surface area contributed by atoms with Crippen LogP contribution in [0, 0.1) is 5.92 Å². The molecule has 0 radical (unpaired) electrons. The summed E-state index contributed by atoms with van der Waals surface area (Å²) in [6.45, 7) is 0.894. The SMILES string of the molecule is O=C(c1ccc(-n2cccn2)cc1)N1C[C@@H](Cc2ccnc3ccccc23)[C@H](O)C1. The Labute approximate surface area is 174 Å². The molecule has 1 fully saturated rings. The summed E-state index contributed by atoms with van der Waals surface area (Å²) in [6, 6.07) is 19.3. The molecule has 30 heavy (non-hydrogen) atoms. The van der Waals surface area contributed by atoms with E-state index in [1.54, 1.807) is 15.8 Å². The first-order chi connectivity index (χ1) is 14.7. The van der Waals surface area contributed by atoms with Crippen LogP contribution in [0.1, 0.15) is 15.9 Å². The number of pyridine rings is 1. The van der Waals surface area contributed by atoms with Crippen molar-refractivity contribution in [1.29, 1.82) is 0 Å². The smallest absolute Gasteiger partial charge is 0.253 e. The number of fused-ring (bicyclic) bond motifs is 1. The predicted octanol–water partition coefficient (Wildman–Crippen LogP) is 3.10. The van der Waals surface area contributed by atoms with Gasteiger partial charge in [-0.15, -0.1) is 0 Å². The van der Waals surface area contributed by atoms with E-state index in [9.17, 15) is 9.90 Å². The van der Waals surface area contributed by atoms with E-state index < -0.39 is 6.10 Å². The van der Waals surface area contributed by atoms with E-state index >= 15 is 0 Å². The summed E-state index contributed by atoms with van der Waals surface area (Å²) in [7, 11) is 0. The monoisotopic (exact) mass is 398 g/mol. The molecule has 1 N–H and O–H groups in total. The molecule has 1 saturated heterocycles. The summed E-state index contributed by atoms with van der Waals surface area (Å²) in [5.74, 6) is -0.0498. The molecule has 1 aliphatic heterocycles. The third-order valence-corrected chi connectivity index (χ3v) is 5.80. The molecule has 150 valence electrons. The average molecular weight is 398 g/mol. The van der Waals surface area contributed by atoms with Crippen molar-refractivity contribution in [3.05, 3.63) is 90.4 Å². The fraction of sp³-hybridized carbons (Fsp3) is 0.208. The van der Waals surface area contributed by atoms with Gasteiger partial charge in [-0.3, -0.25) is 9.78 Å². The van der Waals surface area contributed by atoms with Gasteiger partial charge in [0.1, 0.15) is 0 Å². The molecule has 3 heterocycles. The standard InChI is InChI=1S/C24H22N4O2/c29-23-16-27(24(30)17-6-8-20(9-7-17)28-13-3-11-26-28)15-19(23)14-18-10-12-25-22-5-2-1-4-21(18)22/h1-13,19,23,29H,14-16H2/t19-,23-/m1/s1. The molecular weight excluding hydrogens is 376 g/mol. The predicted molar refractivity (Wildman–Crippen MR) is 114 cm³/mol. The molecule has 0 aliphatic carbocycles. The second kappa shape index (κ2) is 7.72. The summed E-state index contributed by atoms with van der Waals surface area (Å²) < 4.78 is 1.75. The number of para-hydroxylation sites is 1. The average Bonchev–Trinajstić information content (AvgIpc) is 3.44. The number of carbonyl (C=O) groups is 1. The van der Waals surface area contributed by atoms with Gasteiger partial charge in [0.05, 0.1) is 17.3 Å². The Hall–Kier alpha value is -3.51. The molecule has 5 rings (SSSR count). The highest BCUT2D eigenvalue weighted by atomic mass is 16.3. The zero-order valence-corrected chi connectivity index (χ0v) is 16.4. The normalized spacial score (nSPS) is 18.8. The van der Waals surface area contributed by atoms with Crippen molar-refractivity contribution < 1.29 is 9.90 Å². The van der Waals surface area contributed by atoms with Crippen molar-refractivity contribution >= 4 is 16.8 Å². The second-order valence-electron chi connectivity index (χ2n) is 7.73. The van der Waals surface area contributed by atoms with Crippen LogP contribution in [0.4, 0.5) is 0 Å². The first kappa shape index (κ1) is 18.5. The van der Waals surface area contributed by atoms with Crippen LogP contribution in [0.15, 0.2) is 79.3 Å². The second-order valence-corrected chi connectivity index (χ2v) is 7.73. The topological polar surface area (TPSA) is 71.2 Å². The van der Waals surface area contributed by atoms with Gasteiger partial charge < -0.3 is 10.0 Å². The minimum absolute atomic E-state index is 0.00287. The van der Waals surface area contributed by atoms with Crippen molar-refractivity contribution in [1.82, 2.24) is 19.7 Å². The van der Waals surface area contributed by atoms with Gasteiger partial charge in [0.2, 0.25) is 0 Å². The fourth-order valence-electron chi connectivity index (χ4n) is 4.20. The van der Waals surface area contributed by atoms with Crippen LogP contribution in [0.5, 0.6) is 0 Å². The fourth-order valence-corrected chi connectivity index (χ4v) is 4.20. The lowest BCUT2D eigenvalue weighted by atomic mass is 9.94. The number of nitrogens with zero attached hydrogens (tertiary/aromatic N) is 4. The highest BCUT2D eigenvalue weighted by Gasteiger charge is 2.34. The Balaban J connectivity index is 1.31. The number of hydrogen-bond donors (Lipinski definition) is 1. The lowest BCUT2D eigenvalue weighted by Gasteiger charge is -2.17. The Morgan fingerprint density at radius 2 is 1.83 bits per heavy atom. The highest BCUT2D eigenvalue weighted by molar-refractivity contribution is 5.94. The van der Waals surface area contributed by atoms with Crippen molar-refractivity contribution in [2.75, 3.05) is 13.1 Å². The maximum absolute atomic E-state index is 13.0. The van der Waals surface area contributed by atoms with Gasteiger partial charge >= 0.3 is 0 Å². The summed E-state index contributed by atoms with van der Waals surface area (Å²) in [4.78, 5) is 19.1. The molecule has 6 heteroatoms. The molecule has 4 aromatic rings. The van der Waals surface area contributed by atoms with Gasteiger partial charge in [0, 0.05) is 48.5 Å². The van der Waals surface area contributed by atoms with Crippen LogP contribution >= 0.6 is 0 Å². The van der Waals surface area contributed by atoms with Gasteiger partial charge in [-0.1, -0.05) is 18.2 Å². The molecular formula is C24H22N4O2. The summed E-state index contributed by atoms with van der Waals surface area (Å²) >= 11 is 0. The highest BCUT2D eigenvalue weighted by Crippen LogP contribution is 2.26. The van der Waals surface area contributed by atoms with Gasteiger partial charge in [0.15, 0.2) is 0 Å². The molecule has 0 saturated carbocycles. The van der Waals surface area contributed by atoms with Crippen molar-refractivity contribution in [2.45, 2.75) is 12.5 Å². The van der Waals surface area contributed by atoms with Gasteiger partial charge in [-0.25, -0.2) is 4.68 Å². The minimum atomic E-state index is -0.538. The number of carbonyl (C=O) groups excluding carboxylic acids is 1. The zero-order valence-electron chi connectivity index (χ0n) is 16.4. The first-order valence-corrected chi connectivity index (χ1v) is 10.1. The Kier molecular flexibility index (Phi) is 4.77. The Morgan fingerprint density at radius 3 is 2.63 bits per heavy atom. The van der Waals surface area contributed by atoms with Crippen LogP contribution in [-0.2, 0) is 6.42 Å². The number of hydrogen-bond acceptors (Lipinski definition) is 4. The van der Waals surface area contributed by atoms with E-state index in [1.807, 2.05) is 67.0 Å². The van der Waals surface area contributed by atoms with Gasteiger partial charge in [-0.2, -0.15) is 5.10 Å². The lowest BCUT2D eigenvalue weighted by molar-refractivity contribution is 0.0764. The summed E-state index contributed by atoms with van der Waals surface area (Å²) in [5.41, 5.74) is 3.63. The minimum Gasteiger partial charge on any atom is -0.391 e. The first-order valence-electron chi connectivity index (χ1n) is 10.1. The van der Waals surface area contributed by atoms with Crippen LogP contribution in [0.25, 0.3) is 16.6 Å². The quantitative estimate of drug-likeness (QED) is 0.573. The molecule has 6 nitrogen and oxygen atoms in total. The third-order valence-electron chi connectivity index (χ3n) is 5.80. The largest absolute Gasteiger partial charge is 0.391 e. The third kappa shape index (κ3) is 3.46. The number of amides is 1. The van der Waals surface area contributed by atoms with E-state index in [1.165, 1.54) is 0 Å².